The molecule has 160 valence electrons. The van der Waals surface area contributed by atoms with Gasteiger partial charge >= 0.3 is 0 Å². The molecule has 1 amide bonds. The molecule has 0 saturated carbocycles. The summed E-state index contributed by atoms with van der Waals surface area (Å²) in [5.41, 5.74) is 0.474. The maximum atomic E-state index is 12.5. The molecule has 0 unspecified atom stereocenters. The molecule has 0 spiro atoms. The van der Waals surface area contributed by atoms with E-state index in [4.69, 9.17) is 4.74 Å². The molecule has 7 nitrogen and oxygen atoms in total. The van der Waals surface area contributed by atoms with Crippen molar-refractivity contribution in [2.75, 3.05) is 26.2 Å². The van der Waals surface area contributed by atoms with E-state index in [0.29, 0.717) is 30.9 Å². The third-order valence-corrected chi connectivity index (χ3v) is 6.65. The van der Waals surface area contributed by atoms with Crippen LogP contribution in [0.5, 0.6) is 5.75 Å². The van der Waals surface area contributed by atoms with Gasteiger partial charge in [-0.25, -0.2) is 13.1 Å². The lowest BCUT2D eigenvalue weighted by atomic mass is 9.97. The van der Waals surface area contributed by atoms with Gasteiger partial charge in [-0.3, -0.25) is 9.59 Å². The summed E-state index contributed by atoms with van der Waals surface area (Å²) in [6.45, 7) is 2.91. The van der Waals surface area contributed by atoms with Crippen LogP contribution in [0.1, 0.15) is 30.1 Å². The fraction of sp³-hybridized carbons (Fsp3) is 0.364. The number of carbonyl (C=O) groups is 2. The molecule has 30 heavy (non-hydrogen) atoms. The van der Waals surface area contributed by atoms with Gasteiger partial charge in [-0.2, -0.15) is 0 Å². The molecule has 1 fully saturated rings. The van der Waals surface area contributed by atoms with E-state index in [-0.39, 0.29) is 29.1 Å². The molecule has 3 rings (SSSR count). The molecule has 1 aliphatic rings. The van der Waals surface area contributed by atoms with Crippen LogP contribution in [0.2, 0.25) is 0 Å². The Balaban J connectivity index is 1.44. The van der Waals surface area contributed by atoms with Gasteiger partial charge in [-0.15, -0.1) is 0 Å². The molecular formula is C22H26N2O5S. The summed E-state index contributed by atoms with van der Waals surface area (Å²) >= 11 is 0. The van der Waals surface area contributed by atoms with Gasteiger partial charge in [0.25, 0.3) is 5.91 Å². The smallest absolute Gasteiger partial charge is 0.260 e. The van der Waals surface area contributed by atoms with Crippen LogP contribution >= 0.6 is 0 Å². The number of Topliss-reactive ketones (excluding diaryl/α,β-unsaturated/α-hetero) is 1. The SMILES string of the molecule is CC(=O)c1ccc(S(=O)(=O)NCC2CCN(C(=O)COc3ccccc3)CC2)cc1. The summed E-state index contributed by atoms with van der Waals surface area (Å²) in [4.78, 5) is 25.5. The predicted octanol–water partition coefficient (Wildman–Crippen LogP) is 2.49. The molecule has 0 atom stereocenters. The maximum Gasteiger partial charge on any atom is 0.260 e. The highest BCUT2D eigenvalue weighted by Crippen LogP contribution is 2.18. The monoisotopic (exact) mass is 430 g/mol. The van der Waals surface area contributed by atoms with Crippen LogP contribution in [0.3, 0.4) is 0 Å². The molecule has 1 aliphatic heterocycles. The number of piperidine rings is 1. The molecule has 1 N–H and O–H groups in total. The number of likely N-dealkylation sites (tertiary alicyclic amines) is 1. The molecule has 0 bridgehead atoms. The van der Waals surface area contributed by atoms with Crippen molar-refractivity contribution in [1.82, 2.24) is 9.62 Å². The van der Waals surface area contributed by atoms with Crippen molar-refractivity contribution in [3.8, 4) is 5.75 Å². The lowest BCUT2D eigenvalue weighted by molar-refractivity contribution is -0.134. The first-order valence-electron chi connectivity index (χ1n) is 9.91. The van der Waals surface area contributed by atoms with E-state index in [0.717, 1.165) is 12.8 Å². The van der Waals surface area contributed by atoms with Crippen LogP contribution in [0.25, 0.3) is 0 Å². The summed E-state index contributed by atoms with van der Waals surface area (Å²) in [7, 11) is -3.63. The van der Waals surface area contributed by atoms with E-state index >= 15 is 0 Å². The van der Waals surface area contributed by atoms with Crippen molar-refractivity contribution in [2.45, 2.75) is 24.7 Å². The Bertz CT molecular complexity index is 966. The first-order chi connectivity index (χ1) is 14.3. The van der Waals surface area contributed by atoms with Crippen molar-refractivity contribution in [3.63, 3.8) is 0 Å². The third-order valence-electron chi connectivity index (χ3n) is 5.21. The third kappa shape index (κ3) is 5.90. The average Bonchev–Trinajstić information content (AvgIpc) is 2.77. The number of hydrogen-bond donors (Lipinski definition) is 1. The van der Waals surface area contributed by atoms with Crippen LogP contribution in [-0.2, 0) is 14.8 Å². The van der Waals surface area contributed by atoms with Crippen LogP contribution in [-0.4, -0.2) is 51.2 Å². The number of nitrogens with zero attached hydrogens (tertiary/aromatic N) is 1. The highest BCUT2D eigenvalue weighted by molar-refractivity contribution is 7.89. The van der Waals surface area contributed by atoms with Crippen molar-refractivity contribution >= 4 is 21.7 Å². The zero-order valence-electron chi connectivity index (χ0n) is 16.9. The minimum absolute atomic E-state index is 0.00241. The Morgan fingerprint density at radius 2 is 1.67 bits per heavy atom. The zero-order valence-corrected chi connectivity index (χ0v) is 17.7. The number of hydrogen-bond acceptors (Lipinski definition) is 5. The van der Waals surface area contributed by atoms with Crippen molar-refractivity contribution in [3.05, 3.63) is 60.2 Å². The number of sulfonamides is 1. The quantitative estimate of drug-likeness (QED) is 0.650. The van der Waals surface area contributed by atoms with Gasteiger partial charge < -0.3 is 9.64 Å². The minimum Gasteiger partial charge on any atom is -0.484 e. The van der Waals surface area contributed by atoms with Crippen molar-refractivity contribution in [1.29, 1.82) is 0 Å². The van der Waals surface area contributed by atoms with Gasteiger partial charge in [-0.1, -0.05) is 30.3 Å². The topological polar surface area (TPSA) is 92.8 Å². The van der Waals surface area contributed by atoms with E-state index in [1.807, 2.05) is 18.2 Å². The van der Waals surface area contributed by atoms with E-state index in [1.165, 1.54) is 31.2 Å². The summed E-state index contributed by atoms with van der Waals surface area (Å²) < 4.78 is 33.1. The normalized spacial score (nSPS) is 15.0. The van der Waals surface area contributed by atoms with E-state index < -0.39 is 10.0 Å². The van der Waals surface area contributed by atoms with E-state index in [9.17, 15) is 18.0 Å². The largest absolute Gasteiger partial charge is 0.484 e. The molecule has 8 heteroatoms. The number of para-hydroxylation sites is 1. The van der Waals surface area contributed by atoms with Gasteiger partial charge in [-0.05, 0) is 49.9 Å². The number of nitrogens with one attached hydrogen (secondary N) is 1. The Kier molecular flexibility index (Phi) is 7.23. The fourth-order valence-corrected chi connectivity index (χ4v) is 4.44. The average molecular weight is 431 g/mol. The fourth-order valence-electron chi connectivity index (χ4n) is 3.32. The number of amides is 1. The summed E-state index contributed by atoms with van der Waals surface area (Å²) in [6, 6.07) is 15.1. The molecule has 1 heterocycles. The standard InChI is InChI=1S/C22H26N2O5S/c1-17(25)19-7-9-21(10-8-19)30(27,28)23-15-18-11-13-24(14-12-18)22(26)16-29-20-5-3-2-4-6-20/h2-10,18,23H,11-16H2,1H3. The minimum atomic E-state index is -3.63. The molecule has 2 aromatic rings. The van der Waals surface area contributed by atoms with Crippen LogP contribution in [0.4, 0.5) is 0 Å². The lowest BCUT2D eigenvalue weighted by Gasteiger charge is -2.32. The molecule has 1 saturated heterocycles. The van der Waals surface area contributed by atoms with Gasteiger partial charge in [0.05, 0.1) is 4.90 Å². The second kappa shape index (κ2) is 9.86. The first kappa shape index (κ1) is 22.0. The maximum absolute atomic E-state index is 12.5. The van der Waals surface area contributed by atoms with E-state index in [1.54, 1.807) is 17.0 Å². The second-order valence-corrected chi connectivity index (χ2v) is 9.13. The van der Waals surface area contributed by atoms with Gasteiger partial charge in [0, 0.05) is 25.2 Å². The van der Waals surface area contributed by atoms with E-state index in [2.05, 4.69) is 4.72 Å². The molecule has 0 aromatic heterocycles. The summed E-state index contributed by atoms with van der Waals surface area (Å²) in [5, 5.41) is 0. The number of ketones is 1. The first-order valence-corrected chi connectivity index (χ1v) is 11.4. The molecule has 2 aromatic carbocycles. The highest BCUT2D eigenvalue weighted by atomic mass is 32.2. The van der Waals surface area contributed by atoms with Crippen LogP contribution < -0.4 is 9.46 Å². The van der Waals surface area contributed by atoms with Crippen LogP contribution in [0, 0.1) is 5.92 Å². The number of rotatable bonds is 8. The molecule has 0 aliphatic carbocycles. The predicted molar refractivity (Wildman–Crippen MR) is 113 cm³/mol. The second-order valence-electron chi connectivity index (χ2n) is 7.36. The highest BCUT2D eigenvalue weighted by Gasteiger charge is 2.24. The Morgan fingerprint density at radius 1 is 1.03 bits per heavy atom. The van der Waals surface area contributed by atoms with Crippen molar-refractivity contribution < 1.29 is 22.7 Å². The molecular weight excluding hydrogens is 404 g/mol. The van der Waals surface area contributed by atoms with Gasteiger partial charge in [0.1, 0.15) is 5.75 Å². The number of carbonyl (C=O) groups excluding carboxylic acids is 2. The summed E-state index contributed by atoms with van der Waals surface area (Å²) in [5.74, 6) is 0.646. The number of ether oxygens (including phenoxy) is 1. The summed E-state index contributed by atoms with van der Waals surface area (Å²) in [6.07, 6.45) is 1.45. The number of benzene rings is 2. The lowest BCUT2D eigenvalue weighted by Crippen LogP contribution is -2.43. The Labute approximate surface area is 177 Å². The van der Waals surface area contributed by atoms with Crippen LogP contribution in [0.15, 0.2) is 59.5 Å². The Hall–Kier alpha value is -2.71. The van der Waals surface area contributed by atoms with Crippen molar-refractivity contribution in [2.24, 2.45) is 5.92 Å². The zero-order chi connectivity index (χ0) is 21.6. The molecule has 0 radical (unpaired) electrons. The Morgan fingerprint density at radius 3 is 2.27 bits per heavy atom. The van der Waals surface area contributed by atoms with Gasteiger partial charge in [0.15, 0.2) is 12.4 Å². The van der Waals surface area contributed by atoms with Gasteiger partial charge in [0.2, 0.25) is 10.0 Å².